The van der Waals surface area contributed by atoms with Crippen LogP contribution in [-0.2, 0) is 10.0 Å². The molecule has 3 rings (SSSR count). The molecular weight excluding hydrogens is 408 g/mol. The number of hydrogen-bond acceptors (Lipinski definition) is 5. The molecule has 3 aromatic carbocycles. The van der Waals surface area contributed by atoms with Crippen LogP contribution in [0.5, 0.6) is 5.75 Å². The SMILES string of the molecule is COc1ccc(NC(=O)c2cccc(S(=O)(=O)Nc3cccc(C(=O)O)c3)c2)cc1. The van der Waals surface area contributed by atoms with E-state index in [0.717, 1.165) is 0 Å². The molecule has 154 valence electrons. The fraction of sp³-hybridized carbons (Fsp3) is 0.0476. The maximum absolute atomic E-state index is 12.7. The number of sulfonamides is 1. The highest BCUT2D eigenvalue weighted by Gasteiger charge is 2.17. The third-order valence-corrected chi connectivity index (χ3v) is 5.50. The zero-order chi connectivity index (χ0) is 21.7. The second-order valence-corrected chi connectivity index (χ2v) is 7.88. The number of aromatic carboxylic acids is 1. The van der Waals surface area contributed by atoms with E-state index in [1.807, 2.05) is 0 Å². The number of carbonyl (C=O) groups excluding carboxylic acids is 1. The van der Waals surface area contributed by atoms with Gasteiger partial charge in [-0.1, -0.05) is 12.1 Å². The van der Waals surface area contributed by atoms with Crippen LogP contribution in [0, 0.1) is 0 Å². The van der Waals surface area contributed by atoms with E-state index in [9.17, 15) is 18.0 Å². The van der Waals surface area contributed by atoms with Crippen molar-refractivity contribution < 1.29 is 27.9 Å². The minimum Gasteiger partial charge on any atom is -0.497 e. The first-order chi connectivity index (χ1) is 14.3. The van der Waals surface area contributed by atoms with Crippen molar-refractivity contribution in [1.29, 1.82) is 0 Å². The Hall–Kier alpha value is -3.85. The number of carbonyl (C=O) groups is 2. The van der Waals surface area contributed by atoms with Gasteiger partial charge in [-0.2, -0.15) is 0 Å². The Morgan fingerprint density at radius 2 is 1.53 bits per heavy atom. The number of carboxylic acid groups (broad SMARTS) is 1. The second-order valence-electron chi connectivity index (χ2n) is 6.20. The molecule has 0 unspecified atom stereocenters. The standard InChI is InChI=1S/C21H18N2O6S/c1-29-18-10-8-16(9-11-18)22-20(24)14-4-3-7-19(13-14)30(27,28)23-17-6-2-5-15(12-17)21(25)26/h2-13,23H,1H3,(H,22,24)(H,25,26). The van der Waals surface area contributed by atoms with Crippen LogP contribution in [0.2, 0.25) is 0 Å². The zero-order valence-corrected chi connectivity index (χ0v) is 16.6. The lowest BCUT2D eigenvalue weighted by atomic mass is 10.2. The van der Waals surface area contributed by atoms with Gasteiger partial charge in [0.05, 0.1) is 17.6 Å². The fourth-order valence-electron chi connectivity index (χ4n) is 2.61. The van der Waals surface area contributed by atoms with Gasteiger partial charge in [0.2, 0.25) is 0 Å². The molecule has 0 bridgehead atoms. The highest BCUT2D eigenvalue weighted by atomic mass is 32.2. The van der Waals surface area contributed by atoms with E-state index in [1.165, 1.54) is 55.6 Å². The fourth-order valence-corrected chi connectivity index (χ4v) is 3.71. The Morgan fingerprint density at radius 3 is 2.20 bits per heavy atom. The summed E-state index contributed by atoms with van der Waals surface area (Å²) >= 11 is 0. The average molecular weight is 426 g/mol. The Labute approximate surface area is 173 Å². The predicted octanol–water partition coefficient (Wildman–Crippen LogP) is 3.45. The van der Waals surface area contributed by atoms with Gasteiger partial charge < -0.3 is 15.2 Å². The molecule has 0 saturated heterocycles. The van der Waals surface area contributed by atoms with Crippen LogP contribution in [0.1, 0.15) is 20.7 Å². The smallest absolute Gasteiger partial charge is 0.335 e. The van der Waals surface area contributed by atoms with Crippen LogP contribution in [0.15, 0.2) is 77.7 Å². The molecule has 0 fully saturated rings. The lowest BCUT2D eigenvalue weighted by Crippen LogP contribution is -2.16. The van der Waals surface area contributed by atoms with Crippen molar-refractivity contribution in [2.45, 2.75) is 4.90 Å². The van der Waals surface area contributed by atoms with Crippen LogP contribution in [-0.4, -0.2) is 32.5 Å². The normalized spacial score (nSPS) is 10.8. The monoisotopic (exact) mass is 426 g/mol. The predicted molar refractivity (Wildman–Crippen MR) is 112 cm³/mol. The molecule has 8 nitrogen and oxygen atoms in total. The molecule has 0 aliphatic rings. The van der Waals surface area contributed by atoms with Crippen LogP contribution in [0.4, 0.5) is 11.4 Å². The molecule has 0 spiro atoms. The number of amides is 1. The summed E-state index contributed by atoms with van der Waals surface area (Å²) < 4.78 is 32.7. The highest BCUT2D eigenvalue weighted by molar-refractivity contribution is 7.92. The largest absolute Gasteiger partial charge is 0.497 e. The van der Waals surface area contributed by atoms with Crippen LogP contribution >= 0.6 is 0 Å². The lowest BCUT2D eigenvalue weighted by molar-refractivity contribution is 0.0696. The van der Waals surface area contributed by atoms with E-state index in [0.29, 0.717) is 11.4 Å². The molecule has 0 saturated carbocycles. The van der Waals surface area contributed by atoms with Gasteiger partial charge in [0.25, 0.3) is 15.9 Å². The van der Waals surface area contributed by atoms with Gasteiger partial charge in [-0.05, 0) is 60.7 Å². The maximum atomic E-state index is 12.7. The second kappa shape index (κ2) is 8.66. The van der Waals surface area contributed by atoms with Gasteiger partial charge in [-0.15, -0.1) is 0 Å². The summed E-state index contributed by atoms with van der Waals surface area (Å²) in [5, 5.41) is 11.7. The minimum absolute atomic E-state index is 0.0529. The third-order valence-electron chi connectivity index (χ3n) is 4.12. The van der Waals surface area contributed by atoms with Crippen LogP contribution < -0.4 is 14.8 Å². The lowest BCUT2D eigenvalue weighted by Gasteiger charge is -2.10. The zero-order valence-electron chi connectivity index (χ0n) is 15.8. The topological polar surface area (TPSA) is 122 Å². The van der Waals surface area contributed by atoms with Crippen molar-refractivity contribution >= 4 is 33.3 Å². The van der Waals surface area contributed by atoms with Crippen molar-refractivity contribution in [2.75, 3.05) is 17.1 Å². The molecule has 30 heavy (non-hydrogen) atoms. The van der Waals surface area contributed by atoms with Crippen LogP contribution in [0.25, 0.3) is 0 Å². The summed E-state index contributed by atoms with van der Waals surface area (Å²) in [6.07, 6.45) is 0. The first-order valence-electron chi connectivity index (χ1n) is 8.70. The van der Waals surface area contributed by atoms with Crippen molar-refractivity contribution in [3.63, 3.8) is 0 Å². The number of benzene rings is 3. The summed E-state index contributed by atoms with van der Waals surface area (Å²) in [5.41, 5.74) is 0.719. The number of hydrogen-bond donors (Lipinski definition) is 3. The third kappa shape index (κ3) is 4.95. The molecule has 0 radical (unpaired) electrons. The Morgan fingerprint density at radius 1 is 0.867 bits per heavy atom. The number of nitrogens with one attached hydrogen (secondary N) is 2. The number of carboxylic acids is 1. The van der Waals surface area contributed by atoms with E-state index in [1.54, 1.807) is 24.3 Å². The first kappa shape index (κ1) is 20.9. The quantitative estimate of drug-likeness (QED) is 0.532. The molecule has 0 heterocycles. The van der Waals surface area contributed by atoms with Crippen molar-refractivity contribution in [3.05, 3.63) is 83.9 Å². The number of methoxy groups -OCH3 is 1. The summed E-state index contributed by atoms with van der Waals surface area (Å²) in [7, 11) is -2.50. The molecule has 1 amide bonds. The molecule has 0 atom stereocenters. The van der Waals surface area contributed by atoms with Gasteiger partial charge in [-0.25, -0.2) is 13.2 Å². The summed E-state index contributed by atoms with van der Waals surface area (Å²) in [4.78, 5) is 23.4. The van der Waals surface area contributed by atoms with Crippen molar-refractivity contribution in [2.24, 2.45) is 0 Å². The summed E-state index contributed by atoms with van der Waals surface area (Å²) in [6.45, 7) is 0. The van der Waals surface area contributed by atoms with Gasteiger partial charge in [-0.3, -0.25) is 9.52 Å². The van der Waals surface area contributed by atoms with E-state index in [2.05, 4.69) is 10.0 Å². The molecular formula is C21H18N2O6S. The van der Waals surface area contributed by atoms with Gasteiger partial charge >= 0.3 is 5.97 Å². The van der Waals surface area contributed by atoms with Gasteiger partial charge in [0, 0.05) is 16.9 Å². The Kier molecular flexibility index (Phi) is 6.03. The average Bonchev–Trinajstić information content (AvgIpc) is 2.74. The molecule has 3 aromatic rings. The number of anilines is 2. The molecule has 0 aliphatic carbocycles. The van der Waals surface area contributed by atoms with Gasteiger partial charge in [0.1, 0.15) is 5.75 Å². The van der Waals surface area contributed by atoms with E-state index in [-0.39, 0.29) is 21.7 Å². The number of rotatable bonds is 7. The van der Waals surface area contributed by atoms with E-state index < -0.39 is 21.9 Å². The highest BCUT2D eigenvalue weighted by Crippen LogP contribution is 2.20. The van der Waals surface area contributed by atoms with E-state index >= 15 is 0 Å². The summed E-state index contributed by atoms with van der Waals surface area (Å²) in [6, 6.07) is 17.6. The number of ether oxygens (including phenoxy) is 1. The van der Waals surface area contributed by atoms with Gasteiger partial charge in [0.15, 0.2) is 0 Å². The molecule has 0 aliphatic heterocycles. The molecule has 0 aromatic heterocycles. The van der Waals surface area contributed by atoms with Crippen molar-refractivity contribution in [3.8, 4) is 5.75 Å². The van der Waals surface area contributed by atoms with Crippen LogP contribution in [0.3, 0.4) is 0 Å². The minimum atomic E-state index is -4.03. The van der Waals surface area contributed by atoms with Crippen molar-refractivity contribution in [1.82, 2.24) is 0 Å². The molecule has 9 heteroatoms. The molecule has 3 N–H and O–H groups in total. The maximum Gasteiger partial charge on any atom is 0.335 e. The Balaban J connectivity index is 1.80. The summed E-state index contributed by atoms with van der Waals surface area (Å²) in [5.74, 6) is -1.02. The first-order valence-corrected chi connectivity index (χ1v) is 10.2. The van der Waals surface area contributed by atoms with E-state index in [4.69, 9.17) is 9.84 Å². The Bertz CT molecular complexity index is 1190.